The predicted molar refractivity (Wildman–Crippen MR) is 286 cm³/mol. The highest BCUT2D eigenvalue weighted by molar-refractivity contribution is 5.73. The quantitative estimate of drug-likeness (QED) is 0.0452. The van der Waals surface area contributed by atoms with Gasteiger partial charge in [-0.15, -0.1) is 0 Å². The minimum Gasteiger partial charge on any atom is -0.394 e. The van der Waals surface area contributed by atoms with Crippen LogP contribution in [0.15, 0.2) is 0 Å². The van der Waals surface area contributed by atoms with Gasteiger partial charge in [-0.1, -0.05) is 0 Å². The van der Waals surface area contributed by atoms with E-state index in [0.29, 0.717) is 0 Å². The first kappa shape index (κ1) is 77.2. The maximum absolute atomic E-state index is 13.0. The Balaban J connectivity index is 1.03. The van der Waals surface area contributed by atoms with Crippen molar-refractivity contribution in [3.63, 3.8) is 0 Å². The van der Waals surface area contributed by atoms with Crippen molar-refractivity contribution < 1.29 is 198 Å². The molecule has 42 nitrogen and oxygen atoms in total. The molecule has 0 spiro atoms. The lowest BCUT2D eigenvalue weighted by molar-refractivity contribution is -0.405. The molecule has 42 heteroatoms. The second kappa shape index (κ2) is 33.3. The lowest BCUT2D eigenvalue weighted by Crippen LogP contribution is -2.71. The van der Waals surface area contributed by atoms with E-state index in [9.17, 15) is 127 Å². The van der Waals surface area contributed by atoms with Crippen LogP contribution in [0.1, 0.15) is 20.8 Å². The first-order valence-corrected chi connectivity index (χ1v) is 30.0. The van der Waals surface area contributed by atoms with Gasteiger partial charge in [0.2, 0.25) is 11.8 Å². The monoisotopic (exact) mass is 1380 g/mol. The average Bonchev–Trinajstić information content (AvgIpc) is 0.773. The molecule has 0 bridgehead atoms. The molecule has 8 saturated heterocycles. The lowest BCUT2D eigenvalue weighted by Gasteiger charge is -2.51. The second-order valence-electron chi connectivity index (χ2n) is 23.8. The number of aliphatic hydroxyl groups is 23. The topological polar surface area (TPSA) is 662 Å². The largest absolute Gasteiger partial charge is 0.394 e. The molecule has 0 saturated carbocycles. The Bertz CT molecular complexity index is 2370. The number of nitrogens with one attached hydrogen (secondary N) is 2. The molecule has 0 radical (unpaired) electrons. The normalized spacial score (nSPS) is 51.2. The molecule has 40 atom stereocenters. The number of rotatable bonds is 23. The first-order chi connectivity index (χ1) is 44.5. The number of hydrogen-bond donors (Lipinski definition) is 25. The van der Waals surface area contributed by atoms with E-state index in [0.717, 1.165) is 13.8 Å². The van der Waals surface area contributed by atoms with E-state index < -0.39 is 304 Å². The van der Waals surface area contributed by atoms with Crippen LogP contribution < -0.4 is 10.6 Å². The Hall–Kier alpha value is -2.58. The van der Waals surface area contributed by atoms with Crippen molar-refractivity contribution >= 4 is 11.8 Å². The standard InChI is InChI=1S/C52H88N2O40/c1-11-23(64)30(71)34(75)48(80-11)94-44-43(93-49-35(76)31(72)24(65)14(4-55)82-49)27(68)17(7-58)85-52(44)90-39-20(10-61)87-47(22(29(39)70)54-13(3)63)91-41-25(66)15(5-56)83-50(36(41)77)88-38-19(9-60)86-46(21(28(38)69)53-12(2)62)92-42-26(67)16(6-57)84-51(37(42)78)89-40-18(8-59)81-45(79)33(74)32(40)73/h11,14-52,55-61,64-79H,4-10H2,1-3H3,(H,53,62)(H,54,63)/t11-,14+,15+,16+,17+,18+,19+,20+,21+,22+,23+,24-,25-,26-,27-,28+,29+,30+,31-,32+,33+,34-,35+,36+,37+,38+,39+,40+,41-,42-,43-,44+,45+,46-,47-,48-,49+,50-,51-,52-/m0/s1. The molecule has 0 aromatic rings. The predicted octanol–water partition coefficient (Wildman–Crippen LogP) is -17.1. The fourth-order valence-electron chi connectivity index (χ4n) is 12.2. The number of ether oxygens (including phenoxy) is 15. The summed E-state index contributed by atoms with van der Waals surface area (Å²) in [5.41, 5.74) is 0. The van der Waals surface area contributed by atoms with Crippen LogP contribution in [0.4, 0.5) is 0 Å². The van der Waals surface area contributed by atoms with Crippen LogP contribution in [0.25, 0.3) is 0 Å². The summed E-state index contributed by atoms with van der Waals surface area (Å²) < 4.78 is 87.2. The van der Waals surface area contributed by atoms with Crippen LogP contribution in [0, 0.1) is 0 Å². The Morgan fingerprint density at radius 2 is 0.574 bits per heavy atom. The van der Waals surface area contributed by atoms with E-state index >= 15 is 0 Å². The zero-order valence-corrected chi connectivity index (χ0v) is 50.3. The van der Waals surface area contributed by atoms with Crippen molar-refractivity contribution in [2.75, 3.05) is 46.2 Å². The zero-order valence-electron chi connectivity index (χ0n) is 50.3. The van der Waals surface area contributed by atoms with E-state index in [1.54, 1.807) is 0 Å². The average molecular weight is 1380 g/mol. The summed E-state index contributed by atoms with van der Waals surface area (Å²) in [4.78, 5) is 25.7. The van der Waals surface area contributed by atoms with E-state index in [2.05, 4.69) is 10.6 Å². The van der Waals surface area contributed by atoms with E-state index in [1.165, 1.54) is 6.92 Å². The number of carbonyl (C=O) groups excluding carboxylic acids is 2. The van der Waals surface area contributed by atoms with Crippen molar-refractivity contribution in [3.8, 4) is 0 Å². The van der Waals surface area contributed by atoms with Crippen molar-refractivity contribution in [2.45, 2.75) is 266 Å². The highest BCUT2D eigenvalue weighted by Gasteiger charge is 2.60. The highest BCUT2D eigenvalue weighted by atomic mass is 16.8. The van der Waals surface area contributed by atoms with Gasteiger partial charge in [0, 0.05) is 13.8 Å². The summed E-state index contributed by atoms with van der Waals surface area (Å²) >= 11 is 0. The zero-order chi connectivity index (χ0) is 69.2. The van der Waals surface area contributed by atoms with Gasteiger partial charge in [0.25, 0.3) is 0 Å². The van der Waals surface area contributed by atoms with Gasteiger partial charge in [0.15, 0.2) is 50.3 Å². The van der Waals surface area contributed by atoms with Gasteiger partial charge in [0.1, 0.15) is 189 Å². The van der Waals surface area contributed by atoms with Gasteiger partial charge in [-0.25, -0.2) is 0 Å². The number of carbonyl (C=O) groups is 2. The molecule has 8 heterocycles. The van der Waals surface area contributed by atoms with Crippen LogP contribution in [-0.2, 0) is 80.6 Å². The van der Waals surface area contributed by atoms with Crippen LogP contribution in [-0.4, -0.2) is 421 Å². The Morgan fingerprint density at radius 1 is 0.277 bits per heavy atom. The molecular weight excluding hydrogens is 1290 g/mol. The second-order valence-corrected chi connectivity index (χ2v) is 23.8. The molecule has 2 amide bonds. The molecule has 8 fully saturated rings. The van der Waals surface area contributed by atoms with Crippen LogP contribution >= 0.6 is 0 Å². The first-order valence-electron chi connectivity index (χ1n) is 30.0. The third kappa shape index (κ3) is 16.2. The van der Waals surface area contributed by atoms with Gasteiger partial charge in [-0.3, -0.25) is 9.59 Å². The third-order valence-corrected chi connectivity index (χ3v) is 17.4. The van der Waals surface area contributed by atoms with Gasteiger partial charge >= 0.3 is 0 Å². The van der Waals surface area contributed by atoms with Gasteiger partial charge in [0.05, 0.1) is 52.4 Å². The molecule has 546 valence electrons. The smallest absolute Gasteiger partial charge is 0.217 e. The van der Waals surface area contributed by atoms with Crippen LogP contribution in [0.5, 0.6) is 0 Å². The molecule has 8 aliphatic heterocycles. The molecule has 0 aromatic heterocycles. The van der Waals surface area contributed by atoms with Crippen LogP contribution in [0.3, 0.4) is 0 Å². The number of aliphatic hydroxyl groups excluding tert-OH is 23. The molecule has 8 aliphatic rings. The summed E-state index contributed by atoms with van der Waals surface area (Å²) in [6.45, 7) is -4.21. The SMILES string of the molecule is CC(=O)N[C@H]1[C@H](O[C@H]2[C@@H](O)[C@@H](CO)O[C@@H](O[C@H]3[C@H](O)[C@@H](O)[C@H](O)O[C@@H]3CO)[C@@H]2O)O[C@H](CO)[C@@H](O[C@@H]2O[C@H](CO)[C@H](O)[C@H](O[C@@H]3O[C@H](CO)[C@@H](O[C@@H]4O[C@H](CO)[C@H](O)[C@H](O[C@H]5O[C@H](CO)[C@H](O)[C@H](O)[C@H]5O)[C@H]4O[C@@H]4O[C@@H](C)[C@@H](O)[C@@H](O)[C@@H]4O)[C@H](O)[C@H]3NC(C)=O)[C@H]2O)[C@@H]1O. The number of hydrogen-bond acceptors (Lipinski definition) is 40. The van der Waals surface area contributed by atoms with E-state index in [-0.39, 0.29) is 0 Å². The molecule has 8 rings (SSSR count). The summed E-state index contributed by atoms with van der Waals surface area (Å²) in [6.07, 6.45) is -75.4. The molecule has 0 unspecified atom stereocenters. The minimum atomic E-state index is -2.34. The van der Waals surface area contributed by atoms with Gasteiger partial charge < -0.3 is 199 Å². The molecular formula is C52H88N2O40. The van der Waals surface area contributed by atoms with E-state index in [1.807, 2.05) is 0 Å². The van der Waals surface area contributed by atoms with Crippen molar-refractivity contribution in [3.05, 3.63) is 0 Å². The Labute approximate surface area is 532 Å². The maximum Gasteiger partial charge on any atom is 0.217 e. The maximum atomic E-state index is 13.0. The Kier molecular flexibility index (Phi) is 27.3. The molecule has 0 aromatic carbocycles. The van der Waals surface area contributed by atoms with Crippen molar-refractivity contribution in [1.29, 1.82) is 0 Å². The fraction of sp³-hybridized carbons (Fsp3) is 0.962. The van der Waals surface area contributed by atoms with Gasteiger partial charge in [-0.05, 0) is 6.92 Å². The van der Waals surface area contributed by atoms with Crippen LogP contribution in [0.2, 0.25) is 0 Å². The summed E-state index contributed by atoms with van der Waals surface area (Å²) in [5, 5.41) is 255. The summed E-state index contributed by atoms with van der Waals surface area (Å²) in [7, 11) is 0. The molecule has 0 aliphatic carbocycles. The van der Waals surface area contributed by atoms with Crippen molar-refractivity contribution in [1.82, 2.24) is 10.6 Å². The minimum absolute atomic E-state index is 0.904. The molecule has 94 heavy (non-hydrogen) atoms. The fourth-order valence-corrected chi connectivity index (χ4v) is 12.2. The summed E-state index contributed by atoms with van der Waals surface area (Å²) in [5.74, 6) is -1.85. The van der Waals surface area contributed by atoms with Gasteiger partial charge in [-0.2, -0.15) is 0 Å². The lowest BCUT2D eigenvalue weighted by atomic mass is 9.93. The Morgan fingerprint density at radius 3 is 0.989 bits per heavy atom. The summed E-state index contributed by atoms with van der Waals surface area (Å²) in [6, 6.07) is -3.81. The van der Waals surface area contributed by atoms with E-state index in [4.69, 9.17) is 71.1 Å². The number of amides is 2. The highest BCUT2D eigenvalue weighted by Crippen LogP contribution is 2.40. The third-order valence-electron chi connectivity index (χ3n) is 17.4. The molecule has 25 N–H and O–H groups in total. The van der Waals surface area contributed by atoms with Crippen molar-refractivity contribution in [2.24, 2.45) is 0 Å².